The summed E-state index contributed by atoms with van der Waals surface area (Å²) in [6.07, 6.45) is 21.5. The molecule has 0 nitrogen and oxygen atoms in total. The van der Waals surface area contributed by atoms with Gasteiger partial charge in [-0.25, -0.2) is 8.78 Å². The minimum Gasteiger partial charge on any atom is -0.207 e. The van der Waals surface area contributed by atoms with Gasteiger partial charge in [-0.3, -0.25) is 0 Å². The quantitative estimate of drug-likeness (QED) is 0.233. The van der Waals surface area contributed by atoms with E-state index in [1.165, 1.54) is 106 Å². The standard InChI is InChI=1S/C22H33F.C22H27F/c2*1-16-3-10-20(11-4-16)21-12-7-18(8-13-21)5-6-19-9-14-22(23)17(2)15-19/h9,14-16,18,20-21H,3-8,10-13H2,1-2H3;7-9,12-16,20H,3-6,10-11H2,1-2H3. The number of benzene rings is 3. The zero-order chi connectivity index (χ0) is 32.5. The third-order valence-corrected chi connectivity index (χ3v) is 12.1. The van der Waals surface area contributed by atoms with Crippen LogP contribution in [-0.2, 0) is 19.3 Å². The van der Waals surface area contributed by atoms with Crippen LogP contribution in [0.25, 0.3) is 0 Å². The van der Waals surface area contributed by atoms with Crippen LogP contribution in [0.3, 0.4) is 0 Å². The third kappa shape index (κ3) is 10.3. The normalized spacial score (nSPS) is 26.7. The Hall–Kier alpha value is -2.48. The average Bonchev–Trinajstić information content (AvgIpc) is 3.07. The molecule has 46 heavy (non-hydrogen) atoms. The van der Waals surface area contributed by atoms with Crippen molar-refractivity contribution in [1.82, 2.24) is 0 Å². The Balaban J connectivity index is 0.000000181. The molecule has 3 saturated carbocycles. The molecule has 0 amide bonds. The summed E-state index contributed by atoms with van der Waals surface area (Å²) in [6, 6.07) is 20.3. The third-order valence-electron chi connectivity index (χ3n) is 12.1. The molecule has 2 heteroatoms. The van der Waals surface area contributed by atoms with Gasteiger partial charge >= 0.3 is 0 Å². The summed E-state index contributed by atoms with van der Waals surface area (Å²) in [4.78, 5) is 0. The number of halogens is 2. The van der Waals surface area contributed by atoms with Gasteiger partial charge in [-0.2, -0.15) is 0 Å². The van der Waals surface area contributed by atoms with Crippen LogP contribution in [0.15, 0.2) is 60.7 Å². The first-order chi connectivity index (χ1) is 22.2. The van der Waals surface area contributed by atoms with Gasteiger partial charge < -0.3 is 0 Å². The Kier molecular flexibility index (Phi) is 12.9. The molecular formula is C44H60F2. The van der Waals surface area contributed by atoms with Gasteiger partial charge in [0.15, 0.2) is 0 Å². The van der Waals surface area contributed by atoms with Gasteiger partial charge in [0, 0.05) is 0 Å². The SMILES string of the molecule is Cc1cc(CCC2CCC(C3CCC(C)CC3)CC2)ccc1F.Cc1cc(CCc2ccc(C3CCC(C)CC3)cc2)ccc1F. The van der Waals surface area contributed by atoms with Crippen molar-refractivity contribution >= 4 is 0 Å². The van der Waals surface area contributed by atoms with E-state index in [1.807, 2.05) is 38.1 Å². The molecule has 0 N–H and O–H groups in total. The molecule has 0 heterocycles. The van der Waals surface area contributed by atoms with Crippen LogP contribution in [-0.4, -0.2) is 0 Å². The Labute approximate surface area is 279 Å². The Morgan fingerprint density at radius 3 is 1.46 bits per heavy atom. The second-order valence-electron chi connectivity index (χ2n) is 15.7. The summed E-state index contributed by atoms with van der Waals surface area (Å²) in [7, 11) is 0. The fourth-order valence-corrected chi connectivity index (χ4v) is 8.64. The van der Waals surface area contributed by atoms with Crippen molar-refractivity contribution in [3.8, 4) is 0 Å². The summed E-state index contributed by atoms with van der Waals surface area (Å²) in [5.74, 6) is 5.42. The zero-order valence-corrected chi connectivity index (χ0v) is 29.3. The van der Waals surface area contributed by atoms with E-state index in [0.29, 0.717) is 0 Å². The Morgan fingerprint density at radius 1 is 0.500 bits per heavy atom. The Morgan fingerprint density at radius 2 is 0.935 bits per heavy atom. The number of hydrogen-bond donors (Lipinski definition) is 0. The maximum absolute atomic E-state index is 13.3. The van der Waals surface area contributed by atoms with E-state index in [1.54, 1.807) is 12.1 Å². The van der Waals surface area contributed by atoms with Gasteiger partial charge in [0.05, 0.1) is 0 Å². The van der Waals surface area contributed by atoms with Crippen molar-refractivity contribution < 1.29 is 8.78 Å². The monoisotopic (exact) mass is 626 g/mol. The minimum absolute atomic E-state index is 0.0731. The lowest BCUT2D eigenvalue weighted by Gasteiger charge is -2.37. The van der Waals surface area contributed by atoms with Crippen LogP contribution in [0.5, 0.6) is 0 Å². The van der Waals surface area contributed by atoms with Gasteiger partial charge in [-0.05, 0) is 159 Å². The summed E-state index contributed by atoms with van der Waals surface area (Å²) >= 11 is 0. The molecule has 3 aromatic carbocycles. The van der Waals surface area contributed by atoms with Crippen LogP contribution in [0.4, 0.5) is 8.78 Å². The van der Waals surface area contributed by atoms with Crippen molar-refractivity contribution in [3.63, 3.8) is 0 Å². The predicted molar refractivity (Wildman–Crippen MR) is 191 cm³/mol. The summed E-state index contributed by atoms with van der Waals surface area (Å²) in [5, 5.41) is 0. The fourth-order valence-electron chi connectivity index (χ4n) is 8.64. The van der Waals surface area contributed by atoms with Crippen molar-refractivity contribution in [2.45, 2.75) is 136 Å². The van der Waals surface area contributed by atoms with Gasteiger partial charge in [0.1, 0.15) is 11.6 Å². The summed E-state index contributed by atoms with van der Waals surface area (Å²) in [5.41, 5.74) is 6.95. The van der Waals surface area contributed by atoms with Crippen LogP contribution in [0.2, 0.25) is 0 Å². The predicted octanol–water partition coefficient (Wildman–Crippen LogP) is 12.9. The second kappa shape index (κ2) is 17.1. The lowest BCUT2D eigenvalue weighted by molar-refractivity contribution is 0.148. The lowest BCUT2D eigenvalue weighted by Crippen LogP contribution is -2.25. The highest BCUT2D eigenvalue weighted by Crippen LogP contribution is 2.42. The smallest absolute Gasteiger partial charge is 0.126 e. The first-order valence-electron chi connectivity index (χ1n) is 18.8. The molecule has 0 aromatic heterocycles. The van der Waals surface area contributed by atoms with E-state index in [2.05, 4.69) is 38.1 Å². The largest absolute Gasteiger partial charge is 0.207 e. The van der Waals surface area contributed by atoms with Gasteiger partial charge in [0.25, 0.3) is 0 Å². The summed E-state index contributed by atoms with van der Waals surface area (Å²) in [6.45, 7) is 8.49. The van der Waals surface area contributed by atoms with Crippen molar-refractivity contribution in [2.75, 3.05) is 0 Å². The highest BCUT2D eigenvalue weighted by molar-refractivity contribution is 5.29. The van der Waals surface area contributed by atoms with Gasteiger partial charge in [-0.15, -0.1) is 0 Å². The molecule has 3 aromatic rings. The van der Waals surface area contributed by atoms with Crippen molar-refractivity contribution in [2.24, 2.45) is 29.6 Å². The molecule has 0 bridgehead atoms. The maximum atomic E-state index is 13.3. The van der Waals surface area contributed by atoms with E-state index in [9.17, 15) is 8.78 Å². The molecule has 250 valence electrons. The van der Waals surface area contributed by atoms with Crippen molar-refractivity contribution in [1.29, 1.82) is 0 Å². The molecule has 6 rings (SSSR count). The molecular weight excluding hydrogens is 566 g/mol. The maximum Gasteiger partial charge on any atom is 0.126 e. The van der Waals surface area contributed by atoms with Crippen LogP contribution in [0.1, 0.15) is 137 Å². The van der Waals surface area contributed by atoms with E-state index in [-0.39, 0.29) is 11.6 Å². The van der Waals surface area contributed by atoms with Gasteiger partial charge in [0.2, 0.25) is 0 Å². The average molecular weight is 627 g/mol. The lowest BCUT2D eigenvalue weighted by atomic mass is 9.69. The van der Waals surface area contributed by atoms with Crippen molar-refractivity contribution in [3.05, 3.63) is 106 Å². The molecule has 3 aliphatic carbocycles. The number of aryl methyl sites for hydroxylation is 5. The van der Waals surface area contributed by atoms with E-state index in [4.69, 9.17) is 0 Å². The minimum atomic E-state index is -0.111. The molecule has 0 radical (unpaired) electrons. The Bertz CT molecular complexity index is 1330. The molecule has 3 fully saturated rings. The highest BCUT2D eigenvalue weighted by Gasteiger charge is 2.29. The van der Waals surface area contributed by atoms with E-state index < -0.39 is 0 Å². The van der Waals surface area contributed by atoms with Crippen LogP contribution in [0, 0.1) is 55.1 Å². The fraction of sp³-hybridized carbons (Fsp3) is 0.591. The molecule has 3 aliphatic rings. The summed E-state index contributed by atoms with van der Waals surface area (Å²) < 4.78 is 26.6. The first kappa shape index (κ1) is 34.8. The number of hydrogen-bond acceptors (Lipinski definition) is 0. The molecule has 0 unspecified atom stereocenters. The van der Waals surface area contributed by atoms with Gasteiger partial charge in [-0.1, -0.05) is 101 Å². The molecule has 0 atom stereocenters. The topological polar surface area (TPSA) is 0 Å². The van der Waals surface area contributed by atoms with E-state index in [0.717, 1.165) is 65.9 Å². The number of rotatable bonds is 8. The second-order valence-corrected chi connectivity index (χ2v) is 15.7. The zero-order valence-electron chi connectivity index (χ0n) is 29.3. The van der Waals surface area contributed by atoms with Crippen LogP contribution >= 0.6 is 0 Å². The molecule has 0 saturated heterocycles. The molecule has 0 aliphatic heterocycles. The first-order valence-corrected chi connectivity index (χ1v) is 18.8. The van der Waals surface area contributed by atoms with Crippen LogP contribution < -0.4 is 0 Å². The highest BCUT2D eigenvalue weighted by atomic mass is 19.1. The van der Waals surface area contributed by atoms with E-state index >= 15 is 0 Å². The molecule has 0 spiro atoms.